The van der Waals surface area contributed by atoms with Crippen molar-refractivity contribution in [3.05, 3.63) is 18.0 Å². The molecule has 22 heavy (non-hydrogen) atoms. The third kappa shape index (κ3) is 4.32. The molecule has 1 aromatic heterocycles. The average molecular weight is 306 g/mol. The summed E-state index contributed by atoms with van der Waals surface area (Å²) >= 11 is 0. The van der Waals surface area contributed by atoms with Gasteiger partial charge in [0, 0.05) is 39.3 Å². The monoisotopic (exact) mass is 306 g/mol. The fourth-order valence-corrected chi connectivity index (χ4v) is 2.52. The summed E-state index contributed by atoms with van der Waals surface area (Å²) in [4.78, 5) is 24.8. The Hall–Kier alpha value is -1.85. The number of likely N-dealkylation sites (tertiary alicyclic amines) is 1. The summed E-state index contributed by atoms with van der Waals surface area (Å²) in [5, 5.41) is 0. The van der Waals surface area contributed by atoms with E-state index in [1.165, 1.54) is 0 Å². The van der Waals surface area contributed by atoms with Crippen LogP contribution in [0.2, 0.25) is 0 Å². The van der Waals surface area contributed by atoms with Crippen LogP contribution in [0.25, 0.3) is 0 Å². The maximum absolute atomic E-state index is 12.2. The molecule has 0 aliphatic carbocycles. The summed E-state index contributed by atoms with van der Waals surface area (Å²) in [6.07, 6.45) is 3.54. The van der Waals surface area contributed by atoms with Crippen molar-refractivity contribution in [3.63, 3.8) is 0 Å². The first-order chi connectivity index (χ1) is 10.3. The second-order valence-corrected chi connectivity index (χ2v) is 6.94. The maximum Gasteiger partial charge on any atom is 0.410 e. The van der Waals surface area contributed by atoms with E-state index in [1.807, 2.05) is 45.8 Å². The van der Waals surface area contributed by atoms with Gasteiger partial charge < -0.3 is 14.5 Å². The molecule has 0 N–H and O–H groups in total. The van der Waals surface area contributed by atoms with Gasteiger partial charge in [-0.25, -0.2) is 14.8 Å². The van der Waals surface area contributed by atoms with Crippen LogP contribution in [0.3, 0.4) is 0 Å². The lowest BCUT2D eigenvalue weighted by molar-refractivity contribution is 0.0197. The first-order valence-electron chi connectivity index (χ1n) is 7.74. The van der Waals surface area contributed by atoms with Crippen molar-refractivity contribution in [1.82, 2.24) is 14.9 Å². The lowest BCUT2D eigenvalue weighted by Gasteiger charge is -2.34. The Kier molecular flexibility index (Phi) is 4.88. The van der Waals surface area contributed by atoms with Crippen LogP contribution in [0.15, 0.2) is 12.3 Å². The largest absolute Gasteiger partial charge is 0.444 e. The maximum atomic E-state index is 12.2. The Labute approximate surface area is 132 Å². The second-order valence-electron chi connectivity index (χ2n) is 6.94. The van der Waals surface area contributed by atoms with Gasteiger partial charge in [-0.05, 0) is 39.7 Å². The molecule has 1 saturated heterocycles. The Bertz CT molecular complexity index is 525. The number of piperidine rings is 1. The zero-order valence-electron chi connectivity index (χ0n) is 14.2. The lowest BCUT2D eigenvalue weighted by Crippen LogP contribution is -2.42. The van der Waals surface area contributed by atoms with Crippen molar-refractivity contribution in [2.75, 3.05) is 32.1 Å². The van der Waals surface area contributed by atoms with E-state index in [4.69, 9.17) is 4.74 Å². The standard InChI is InChI=1S/C16H26N4O2/c1-16(2,3)22-15(21)20-10-6-7-12(11-20)13-8-9-17-14(18-13)19(4)5/h8-9,12H,6-7,10-11H2,1-5H3/t12-/m0/s1. The van der Waals surface area contributed by atoms with Gasteiger partial charge in [-0.3, -0.25) is 0 Å². The fraction of sp³-hybridized carbons (Fsp3) is 0.688. The minimum absolute atomic E-state index is 0.237. The molecule has 0 radical (unpaired) electrons. The normalized spacial score (nSPS) is 19.0. The van der Waals surface area contributed by atoms with Gasteiger partial charge in [0.2, 0.25) is 5.95 Å². The van der Waals surface area contributed by atoms with E-state index < -0.39 is 5.60 Å². The molecule has 1 amide bonds. The molecule has 1 aliphatic heterocycles. The Morgan fingerprint density at radius 2 is 2.14 bits per heavy atom. The number of hydrogen-bond acceptors (Lipinski definition) is 5. The minimum atomic E-state index is -0.461. The van der Waals surface area contributed by atoms with Gasteiger partial charge in [0.1, 0.15) is 5.60 Å². The third-order valence-electron chi connectivity index (χ3n) is 3.56. The number of ether oxygens (including phenoxy) is 1. The number of nitrogens with zero attached hydrogens (tertiary/aromatic N) is 4. The van der Waals surface area contributed by atoms with Crippen LogP contribution in [-0.2, 0) is 4.74 Å². The highest BCUT2D eigenvalue weighted by Crippen LogP contribution is 2.27. The van der Waals surface area contributed by atoms with Crippen molar-refractivity contribution < 1.29 is 9.53 Å². The zero-order valence-corrected chi connectivity index (χ0v) is 14.2. The van der Waals surface area contributed by atoms with E-state index >= 15 is 0 Å². The summed E-state index contributed by atoms with van der Waals surface area (Å²) in [5.74, 6) is 0.940. The number of amides is 1. The van der Waals surface area contributed by atoms with Crippen LogP contribution in [-0.4, -0.2) is 53.7 Å². The molecule has 1 fully saturated rings. The molecule has 0 aromatic carbocycles. The lowest BCUT2D eigenvalue weighted by atomic mass is 9.95. The molecule has 1 atom stereocenters. The molecule has 6 heteroatoms. The van der Waals surface area contributed by atoms with E-state index in [2.05, 4.69) is 9.97 Å². The first kappa shape index (κ1) is 16.5. The van der Waals surface area contributed by atoms with Gasteiger partial charge in [-0.1, -0.05) is 0 Å². The predicted molar refractivity (Wildman–Crippen MR) is 86.1 cm³/mol. The molecule has 2 heterocycles. The highest BCUT2D eigenvalue weighted by atomic mass is 16.6. The minimum Gasteiger partial charge on any atom is -0.444 e. The number of carbonyl (C=O) groups is 1. The quantitative estimate of drug-likeness (QED) is 0.840. The summed E-state index contributed by atoms with van der Waals surface area (Å²) < 4.78 is 5.47. The molecule has 1 aromatic rings. The second kappa shape index (κ2) is 6.50. The van der Waals surface area contributed by atoms with Gasteiger partial charge in [0.15, 0.2) is 0 Å². The van der Waals surface area contributed by atoms with E-state index in [0.717, 1.165) is 25.1 Å². The molecule has 1 aliphatic rings. The van der Waals surface area contributed by atoms with Crippen molar-refractivity contribution in [3.8, 4) is 0 Å². The molecular formula is C16H26N4O2. The van der Waals surface area contributed by atoms with Gasteiger partial charge in [-0.15, -0.1) is 0 Å². The number of rotatable bonds is 2. The van der Waals surface area contributed by atoms with Crippen molar-refractivity contribution in [2.45, 2.75) is 45.1 Å². The average Bonchev–Trinajstić information content (AvgIpc) is 2.46. The Morgan fingerprint density at radius 1 is 1.41 bits per heavy atom. The molecule has 0 unspecified atom stereocenters. The van der Waals surface area contributed by atoms with Crippen LogP contribution >= 0.6 is 0 Å². The van der Waals surface area contributed by atoms with Gasteiger partial charge >= 0.3 is 6.09 Å². The highest BCUT2D eigenvalue weighted by molar-refractivity contribution is 5.68. The van der Waals surface area contributed by atoms with Gasteiger partial charge in [-0.2, -0.15) is 0 Å². The molecule has 2 rings (SSSR count). The fourth-order valence-electron chi connectivity index (χ4n) is 2.52. The van der Waals surface area contributed by atoms with Crippen LogP contribution in [0.4, 0.5) is 10.7 Å². The molecule has 0 saturated carbocycles. The van der Waals surface area contributed by atoms with Crippen molar-refractivity contribution in [1.29, 1.82) is 0 Å². The Balaban J connectivity index is 2.07. The van der Waals surface area contributed by atoms with Crippen LogP contribution in [0.5, 0.6) is 0 Å². The summed E-state index contributed by atoms with van der Waals surface area (Å²) in [7, 11) is 3.85. The van der Waals surface area contributed by atoms with Crippen LogP contribution in [0.1, 0.15) is 45.2 Å². The number of aromatic nitrogens is 2. The van der Waals surface area contributed by atoms with Gasteiger partial charge in [0.05, 0.1) is 5.69 Å². The SMILES string of the molecule is CN(C)c1nccc([C@H]2CCCN(C(=O)OC(C)(C)C)C2)n1. The summed E-state index contributed by atoms with van der Waals surface area (Å²) in [5.41, 5.74) is 0.531. The molecule has 122 valence electrons. The van der Waals surface area contributed by atoms with Crippen LogP contribution in [0, 0.1) is 0 Å². The van der Waals surface area contributed by atoms with Gasteiger partial charge in [0.25, 0.3) is 0 Å². The smallest absolute Gasteiger partial charge is 0.410 e. The number of anilines is 1. The first-order valence-corrected chi connectivity index (χ1v) is 7.74. The highest BCUT2D eigenvalue weighted by Gasteiger charge is 2.29. The molecular weight excluding hydrogens is 280 g/mol. The summed E-state index contributed by atoms with van der Waals surface area (Å²) in [6.45, 7) is 7.07. The Morgan fingerprint density at radius 3 is 2.77 bits per heavy atom. The van der Waals surface area contributed by atoms with Crippen molar-refractivity contribution in [2.24, 2.45) is 0 Å². The molecule has 0 bridgehead atoms. The van der Waals surface area contributed by atoms with E-state index in [-0.39, 0.29) is 12.0 Å². The van der Waals surface area contributed by atoms with Crippen LogP contribution < -0.4 is 4.90 Å². The number of hydrogen-bond donors (Lipinski definition) is 0. The summed E-state index contributed by atoms with van der Waals surface area (Å²) in [6, 6.07) is 1.94. The molecule has 6 nitrogen and oxygen atoms in total. The molecule has 0 spiro atoms. The van der Waals surface area contributed by atoms with E-state index in [0.29, 0.717) is 12.5 Å². The van der Waals surface area contributed by atoms with E-state index in [1.54, 1.807) is 11.1 Å². The predicted octanol–water partition coefficient (Wildman–Crippen LogP) is 2.66. The topological polar surface area (TPSA) is 58.6 Å². The third-order valence-corrected chi connectivity index (χ3v) is 3.56. The number of carbonyl (C=O) groups excluding carboxylic acids is 1. The van der Waals surface area contributed by atoms with E-state index in [9.17, 15) is 4.79 Å². The zero-order chi connectivity index (χ0) is 16.3. The van der Waals surface area contributed by atoms with Crippen molar-refractivity contribution >= 4 is 12.0 Å².